The van der Waals surface area contributed by atoms with Gasteiger partial charge in [-0.15, -0.1) is 0 Å². The van der Waals surface area contributed by atoms with Gasteiger partial charge in [-0.25, -0.2) is 4.98 Å². The van der Waals surface area contributed by atoms with Crippen LogP contribution in [0.2, 0.25) is 10.0 Å². The van der Waals surface area contributed by atoms with Gasteiger partial charge in [-0.1, -0.05) is 59.6 Å². The highest BCUT2D eigenvalue weighted by Crippen LogP contribution is 2.26. The topological polar surface area (TPSA) is 27.1 Å². The summed E-state index contributed by atoms with van der Waals surface area (Å²) in [6, 6.07) is 21.7. The number of halogens is 2. The van der Waals surface area contributed by atoms with E-state index in [4.69, 9.17) is 32.9 Å². The van der Waals surface area contributed by atoms with E-state index in [0.29, 0.717) is 16.6 Å². The maximum absolute atomic E-state index is 6.20. The molecule has 1 heterocycles. The number of hydrogen-bond donors (Lipinski definition) is 0. The van der Waals surface area contributed by atoms with Crippen molar-refractivity contribution in [2.45, 2.75) is 6.54 Å². The van der Waals surface area contributed by atoms with Crippen LogP contribution in [-0.2, 0) is 6.54 Å². The Balaban J connectivity index is 1.76. The molecule has 4 rings (SSSR count). The second-order valence-corrected chi connectivity index (χ2v) is 7.18. The van der Waals surface area contributed by atoms with Gasteiger partial charge in [-0.3, -0.25) is 0 Å². The molecule has 0 saturated heterocycles. The predicted molar refractivity (Wildman–Crippen MR) is 117 cm³/mol. The van der Waals surface area contributed by atoms with Crippen LogP contribution in [0.5, 0.6) is 5.75 Å². The number of rotatable bonds is 5. The van der Waals surface area contributed by atoms with Crippen molar-refractivity contribution in [1.29, 1.82) is 0 Å². The first-order valence-corrected chi connectivity index (χ1v) is 9.61. The number of para-hydroxylation sites is 3. The molecule has 0 spiro atoms. The summed E-state index contributed by atoms with van der Waals surface area (Å²) in [5.41, 5.74) is 4.07. The summed E-state index contributed by atoms with van der Waals surface area (Å²) >= 11 is 12.3. The van der Waals surface area contributed by atoms with Gasteiger partial charge in [0.1, 0.15) is 11.6 Å². The van der Waals surface area contributed by atoms with Crippen molar-refractivity contribution in [1.82, 2.24) is 9.55 Å². The second-order valence-electron chi connectivity index (χ2n) is 6.37. The third-order valence-electron chi connectivity index (χ3n) is 4.56. The Labute approximate surface area is 173 Å². The van der Waals surface area contributed by atoms with E-state index < -0.39 is 0 Å². The average molecular weight is 409 g/mol. The van der Waals surface area contributed by atoms with Crippen molar-refractivity contribution in [2.75, 3.05) is 7.11 Å². The molecule has 0 N–H and O–H groups in total. The Kier molecular flexibility index (Phi) is 5.38. The van der Waals surface area contributed by atoms with E-state index in [9.17, 15) is 0 Å². The van der Waals surface area contributed by atoms with E-state index in [-0.39, 0.29) is 0 Å². The first-order chi connectivity index (χ1) is 13.7. The number of imidazole rings is 1. The van der Waals surface area contributed by atoms with Crippen molar-refractivity contribution >= 4 is 46.4 Å². The lowest BCUT2D eigenvalue weighted by Crippen LogP contribution is -2.02. The van der Waals surface area contributed by atoms with E-state index in [0.717, 1.165) is 33.7 Å². The lowest BCUT2D eigenvalue weighted by Gasteiger charge is -2.09. The summed E-state index contributed by atoms with van der Waals surface area (Å²) in [5.74, 6) is 1.68. The van der Waals surface area contributed by atoms with Gasteiger partial charge in [0.05, 0.1) is 28.2 Å². The first kappa shape index (κ1) is 18.6. The summed E-state index contributed by atoms with van der Waals surface area (Å²) in [6.45, 7) is 0.642. The molecule has 3 nitrogen and oxygen atoms in total. The molecule has 0 bridgehead atoms. The van der Waals surface area contributed by atoms with Crippen LogP contribution in [0.25, 0.3) is 23.2 Å². The standard InChI is InChI=1S/C23H18Cl2N2O/c1-28-22-9-5-2-6-17(22)11-13-23-26-20-7-3-4-8-21(20)27(23)15-16-10-12-18(24)19(25)14-16/h2-14H,15H2,1H3/b13-11+. The van der Waals surface area contributed by atoms with Crippen LogP contribution in [0, 0.1) is 0 Å². The fourth-order valence-corrected chi connectivity index (χ4v) is 3.50. The lowest BCUT2D eigenvalue weighted by molar-refractivity contribution is 0.414. The summed E-state index contributed by atoms with van der Waals surface area (Å²) in [7, 11) is 1.67. The van der Waals surface area contributed by atoms with Crippen LogP contribution in [0.4, 0.5) is 0 Å². The normalized spacial score (nSPS) is 11.4. The molecule has 0 aliphatic heterocycles. The minimum Gasteiger partial charge on any atom is -0.496 e. The van der Waals surface area contributed by atoms with Crippen molar-refractivity contribution in [3.63, 3.8) is 0 Å². The maximum Gasteiger partial charge on any atom is 0.134 e. The number of benzene rings is 3. The van der Waals surface area contributed by atoms with Gasteiger partial charge in [0.25, 0.3) is 0 Å². The molecule has 5 heteroatoms. The molecular formula is C23H18Cl2N2O. The van der Waals surface area contributed by atoms with Crippen molar-refractivity contribution in [2.24, 2.45) is 0 Å². The lowest BCUT2D eigenvalue weighted by atomic mass is 10.2. The highest BCUT2D eigenvalue weighted by Gasteiger charge is 2.10. The summed E-state index contributed by atoms with van der Waals surface area (Å²) in [6.07, 6.45) is 4.03. The SMILES string of the molecule is COc1ccccc1/C=C/c1nc2ccccc2n1Cc1ccc(Cl)c(Cl)c1. The molecule has 0 unspecified atom stereocenters. The zero-order valence-corrected chi connectivity index (χ0v) is 16.8. The van der Waals surface area contributed by atoms with Crippen LogP contribution >= 0.6 is 23.2 Å². The minimum atomic E-state index is 0.551. The molecule has 0 aliphatic rings. The number of methoxy groups -OCH3 is 1. The average Bonchev–Trinajstić information content (AvgIpc) is 3.07. The second kappa shape index (κ2) is 8.09. The highest BCUT2D eigenvalue weighted by atomic mass is 35.5. The molecule has 4 aromatic rings. The van der Waals surface area contributed by atoms with Crippen LogP contribution in [0.3, 0.4) is 0 Å². The van der Waals surface area contributed by atoms with Gasteiger partial charge in [0.2, 0.25) is 0 Å². The molecule has 0 aliphatic carbocycles. The Bertz CT molecular complexity index is 1160. The van der Waals surface area contributed by atoms with Gasteiger partial charge in [0.15, 0.2) is 0 Å². The fourth-order valence-electron chi connectivity index (χ4n) is 3.18. The zero-order valence-electron chi connectivity index (χ0n) is 15.3. The van der Waals surface area contributed by atoms with Gasteiger partial charge < -0.3 is 9.30 Å². The van der Waals surface area contributed by atoms with Crippen LogP contribution in [-0.4, -0.2) is 16.7 Å². The first-order valence-electron chi connectivity index (χ1n) is 8.86. The summed E-state index contributed by atoms with van der Waals surface area (Å²) in [5, 5.41) is 1.10. The number of hydrogen-bond acceptors (Lipinski definition) is 2. The van der Waals surface area contributed by atoms with E-state index in [2.05, 4.69) is 10.6 Å². The molecule has 0 atom stereocenters. The molecular weight excluding hydrogens is 391 g/mol. The quantitative estimate of drug-likeness (QED) is 0.373. The van der Waals surface area contributed by atoms with Crippen molar-refractivity contribution in [3.8, 4) is 5.75 Å². The van der Waals surface area contributed by atoms with Gasteiger partial charge in [0, 0.05) is 12.1 Å². The molecule has 3 aromatic carbocycles. The highest BCUT2D eigenvalue weighted by molar-refractivity contribution is 6.42. The fraction of sp³-hybridized carbons (Fsp3) is 0.0870. The monoisotopic (exact) mass is 408 g/mol. The third-order valence-corrected chi connectivity index (χ3v) is 5.30. The molecule has 0 fully saturated rings. The number of ether oxygens (including phenoxy) is 1. The zero-order chi connectivity index (χ0) is 19.5. The molecule has 28 heavy (non-hydrogen) atoms. The largest absolute Gasteiger partial charge is 0.496 e. The predicted octanol–water partition coefficient (Wildman–Crippen LogP) is 6.57. The molecule has 0 amide bonds. The third kappa shape index (κ3) is 3.77. The Morgan fingerprint density at radius 3 is 2.54 bits per heavy atom. The van der Waals surface area contributed by atoms with E-state index in [1.807, 2.05) is 72.8 Å². The maximum atomic E-state index is 6.20. The van der Waals surface area contributed by atoms with Crippen LogP contribution < -0.4 is 4.74 Å². The van der Waals surface area contributed by atoms with E-state index >= 15 is 0 Å². The number of fused-ring (bicyclic) bond motifs is 1. The molecule has 0 saturated carbocycles. The van der Waals surface area contributed by atoms with Crippen molar-refractivity contribution < 1.29 is 4.74 Å². The Hall–Kier alpha value is -2.75. The number of nitrogens with zero attached hydrogens (tertiary/aromatic N) is 2. The smallest absolute Gasteiger partial charge is 0.134 e. The van der Waals surface area contributed by atoms with Crippen molar-refractivity contribution in [3.05, 3.63) is 93.7 Å². The molecule has 0 radical (unpaired) electrons. The van der Waals surface area contributed by atoms with Gasteiger partial charge >= 0.3 is 0 Å². The Morgan fingerprint density at radius 1 is 0.929 bits per heavy atom. The molecule has 140 valence electrons. The van der Waals surface area contributed by atoms with Crippen LogP contribution in [0.15, 0.2) is 66.7 Å². The van der Waals surface area contributed by atoms with E-state index in [1.165, 1.54) is 0 Å². The summed E-state index contributed by atoms with van der Waals surface area (Å²) in [4.78, 5) is 4.80. The summed E-state index contributed by atoms with van der Waals surface area (Å²) < 4.78 is 7.60. The Morgan fingerprint density at radius 2 is 1.71 bits per heavy atom. The molecule has 1 aromatic heterocycles. The van der Waals surface area contributed by atoms with Gasteiger partial charge in [-0.2, -0.15) is 0 Å². The minimum absolute atomic E-state index is 0.551. The van der Waals surface area contributed by atoms with Crippen LogP contribution in [0.1, 0.15) is 17.0 Å². The van der Waals surface area contributed by atoms with Gasteiger partial charge in [-0.05, 0) is 48.0 Å². The number of aromatic nitrogens is 2. The van der Waals surface area contributed by atoms with E-state index in [1.54, 1.807) is 7.11 Å².